The molecule has 5 heteroatoms. The van der Waals surface area contributed by atoms with E-state index in [-0.39, 0.29) is 36.0 Å². The van der Waals surface area contributed by atoms with E-state index in [4.69, 9.17) is 15.3 Å². The van der Waals surface area contributed by atoms with Crippen molar-refractivity contribution in [2.45, 2.75) is 64.8 Å². The van der Waals surface area contributed by atoms with Crippen molar-refractivity contribution in [3.8, 4) is 0 Å². The van der Waals surface area contributed by atoms with Crippen LogP contribution in [0.25, 0.3) is 0 Å². The number of hydrogen-bond donors (Lipinski definition) is 2. The first-order valence-corrected chi connectivity index (χ1v) is 9.49. The van der Waals surface area contributed by atoms with Gasteiger partial charge in [0, 0.05) is 6.61 Å². The van der Waals surface area contributed by atoms with Crippen molar-refractivity contribution in [2.75, 3.05) is 6.61 Å². The van der Waals surface area contributed by atoms with Crippen molar-refractivity contribution in [1.29, 1.82) is 0 Å². The van der Waals surface area contributed by atoms with Gasteiger partial charge in [0.05, 0.1) is 12.5 Å². The third kappa shape index (κ3) is 5.50. The molecule has 0 fully saturated rings. The maximum Gasteiger partial charge on any atom is 0.219 e. The van der Waals surface area contributed by atoms with Crippen molar-refractivity contribution < 1.29 is 14.3 Å². The predicted molar refractivity (Wildman–Crippen MR) is 76.7 cm³/mol. The molecule has 0 aromatic rings. The van der Waals surface area contributed by atoms with Crippen molar-refractivity contribution in [3.63, 3.8) is 0 Å². The van der Waals surface area contributed by atoms with Gasteiger partial charge >= 0.3 is 0 Å². The van der Waals surface area contributed by atoms with Gasteiger partial charge in [0.2, 0.25) is 5.91 Å². The van der Waals surface area contributed by atoms with Gasteiger partial charge in [-0.2, -0.15) is 0 Å². The van der Waals surface area contributed by atoms with E-state index in [1.807, 2.05) is 6.92 Å². The van der Waals surface area contributed by atoms with Gasteiger partial charge < -0.3 is 15.3 Å². The number of primary amides is 1. The van der Waals surface area contributed by atoms with E-state index in [1.165, 1.54) is 0 Å². The zero-order valence-electron chi connectivity index (χ0n) is 12.6. The van der Waals surface area contributed by atoms with Crippen LogP contribution < -0.4 is 5.73 Å². The number of nitrogens with two attached hydrogens (primary N) is 1. The molecule has 0 unspecified atom stereocenters. The maximum absolute atomic E-state index is 11.1. The Morgan fingerprint density at radius 1 is 1.39 bits per heavy atom. The Morgan fingerprint density at radius 3 is 2.22 bits per heavy atom. The number of hydrogen-bond acceptors (Lipinski definition) is 3. The third-order valence-electron chi connectivity index (χ3n) is 3.87. The maximum atomic E-state index is 11.1. The fraction of sp³-hybridized carbons (Fsp3) is 0.923. The van der Waals surface area contributed by atoms with Crippen molar-refractivity contribution in [2.24, 2.45) is 11.7 Å². The second-order valence-electron chi connectivity index (χ2n) is 6.58. The average molecular weight is 275 g/mol. The lowest BCUT2D eigenvalue weighted by Crippen LogP contribution is -2.46. The quantitative estimate of drug-likeness (QED) is 0.700. The Balaban J connectivity index is 4.83. The number of amides is 1. The molecule has 0 radical (unpaired) electrons. The molecule has 0 saturated heterocycles. The number of carbonyl (C=O) groups is 1. The highest BCUT2D eigenvalue weighted by molar-refractivity contribution is 6.74. The number of carbonyl (C=O) groups excluding carboxylic acids is 1. The zero-order chi connectivity index (χ0) is 14.6. The summed E-state index contributed by atoms with van der Waals surface area (Å²) in [4.78, 5) is 11.1. The fourth-order valence-corrected chi connectivity index (χ4v) is 2.93. The summed E-state index contributed by atoms with van der Waals surface area (Å²) in [7, 11) is -1.92. The second-order valence-corrected chi connectivity index (χ2v) is 11.3. The molecule has 2 atom stereocenters. The predicted octanol–water partition coefficient (Wildman–Crippen LogP) is 2.27. The molecule has 0 aromatic heterocycles. The Kier molecular flexibility index (Phi) is 6.53. The zero-order valence-corrected chi connectivity index (χ0v) is 13.6. The summed E-state index contributed by atoms with van der Waals surface area (Å²) in [6.07, 6.45) is 0.677. The van der Waals surface area contributed by atoms with Gasteiger partial charge in [-0.3, -0.25) is 4.79 Å². The van der Waals surface area contributed by atoms with Crippen molar-refractivity contribution in [3.05, 3.63) is 0 Å². The summed E-state index contributed by atoms with van der Waals surface area (Å²) in [5.74, 6) is -0.208. The van der Waals surface area contributed by atoms with Gasteiger partial charge in [0.1, 0.15) is 0 Å². The molecular formula is C13H29NO3Si. The SMILES string of the molecule is C[C@H](CCO)[C@@H](CC(N)=O)O[Si](C)(C)C(C)(C)C. The summed E-state index contributed by atoms with van der Waals surface area (Å²) < 4.78 is 6.25. The van der Waals surface area contributed by atoms with Gasteiger partial charge in [-0.1, -0.05) is 27.7 Å². The van der Waals surface area contributed by atoms with E-state index in [2.05, 4.69) is 33.9 Å². The van der Waals surface area contributed by atoms with Crippen LogP contribution in [0.3, 0.4) is 0 Å². The molecule has 18 heavy (non-hydrogen) atoms. The van der Waals surface area contributed by atoms with Crippen LogP contribution in [-0.2, 0) is 9.22 Å². The molecule has 1 amide bonds. The molecule has 0 heterocycles. The average Bonchev–Trinajstić information content (AvgIpc) is 2.14. The van der Waals surface area contributed by atoms with E-state index < -0.39 is 8.32 Å². The molecule has 0 rings (SSSR count). The topological polar surface area (TPSA) is 72.5 Å². The molecule has 0 aromatic carbocycles. The monoisotopic (exact) mass is 275 g/mol. The molecule has 0 bridgehead atoms. The molecule has 0 spiro atoms. The van der Waals surface area contributed by atoms with Gasteiger partial charge in [0.25, 0.3) is 0 Å². The number of rotatable bonds is 7. The highest BCUT2D eigenvalue weighted by Gasteiger charge is 2.40. The van der Waals surface area contributed by atoms with Gasteiger partial charge in [-0.05, 0) is 30.5 Å². The molecule has 108 valence electrons. The van der Waals surface area contributed by atoms with Crippen LogP contribution in [-0.4, -0.2) is 32.0 Å². The Bertz CT molecular complexity index is 274. The normalized spacial score (nSPS) is 16.4. The first kappa shape index (κ1) is 17.6. The Morgan fingerprint density at radius 2 is 1.89 bits per heavy atom. The number of aliphatic hydroxyl groups is 1. The van der Waals surface area contributed by atoms with Gasteiger partial charge in [-0.15, -0.1) is 0 Å². The Hall–Kier alpha value is -0.393. The van der Waals surface area contributed by atoms with E-state index in [1.54, 1.807) is 0 Å². The molecule has 3 N–H and O–H groups in total. The minimum absolute atomic E-state index is 0.0990. The van der Waals surface area contributed by atoms with E-state index >= 15 is 0 Å². The largest absolute Gasteiger partial charge is 0.413 e. The van der Waals surface area contributed by atoms with E-state index in [0.717, 1.165) is 0 Å². The first-order valence-electron chi connectivity index (χ1n) is 6.58. The molecule has 0 saturated carbocycles. The van der Waals surface area contributed by atoms with Gasteiger partial charge in [0.15, 0.2) is 8.32 Å². The summed E-state index contributed by atoms with van der Waals surface area (Å²) in [5, 5.41) is 9.12. The van der Waals surface area contributed by atoms with Crippen LogP contribution in [0.2, 0.25) is 18.1 Å². The van der Waals surface area contributed by atoms with Crippen LogP contribution >= 0.6 is 0 Å². The molecule has 0 aliphatic rings. The first-order chi connectivity index (χ1) is 8.01. The van der Waals surface area contributed by atoms with Crippen LogP contribution in [0.5, 0.6) is 0 Å². The molecule has 0 aliphatic heterocycles. The lowest BCUT2D eigenvalue weighted by Gasteiger charge is -2.40. The lowest BCUT2D eigenvalue weighted by atomic mass is 9.99. The van der Waals surface area contributed by atoms with Crippen molar-refractivity contribution >= 4 is 14.2 Å². The van der Waals surface area contributed by atoms with E-state index in [9.17, 15) is 4.79 Å². The van der Waals surface area contributed by atoms with Crippen LogP contribution in [0.1, 0.15) is 40.5 Å². The summed E-state index contributed by atoms with van der Waals surface area (Å²) in [6, 6.07) is 0. The fourth-order valence-electron chi connectivity index (χ4n) is 1.50. The summed E-state index contributed by atoms with van der Waals surface area (Å²) in [5.41, 5.74) is 5.29. The Labute approximate surface area is 112 Å². The summed E-state index contributed by atoms with van der Waals surface area (Å²) >= 11 is 0. The summed E-state index contributed by atoms with van der Waals surface area (Å²) in [6.45, 7) is 12.9. The lowest BCUT2D eigenvalue weighted by molar-refractivity contribution is -0.120. The molecule has 4 nitrogen and oxygen atoms in total. The van der Waals surface area contributed by atoms with Crippen LogP contribution in [0, 0.1) is 5.92 Å². The minimum atomic E-state index is -1.92. The smallest absolute Gasteiger partial charge is 0.219 e. The second kappa shape index (κ2) is 6.68. The van der Waals surface area contributed by atoms with Gasteiger partial charge in [-0.25, -0.2) is 0 Å². The van der Waals surface area contributed by atoms with E-state index in [0.29, 0.717) is 6.42 Å². The van der Waals surface area contributed by atoms with Crippen LogP contribution in [0.15, 0.2) is 0 Å². The highest BCUT2D eigenvalue weighted by Crippen LogP contribution is 2.38. The third-order valence-corrected chi connectivity index (χ3v) is 8.38. The molecule has 0 aliphatic carbocycles. The molecular weight excluding hydrogens is 246 g/mol. The van der Waals surface area contributed by atoms with Crippen molar-refractivity contribution in [1.82, 2.24) is 0 Å². The van der Waals surface area contributed by atoms with Crippen LogP contribution in [0.4, 0.5) is 0 Å². The highest BCUT2D eigenvalue weighted by atomic mass is 28.4. The standard InChI is InChI=1S/C13H29NO3Si/c1-10(7-8-15)11(9-12(14)16)17-18(5,6)13(2,3)4/h10-11,15H,7-9H2,1-6H3,(H2,14,16)/t10-,11-/m1/s1. The number of aliphatic hydroxyl groups excluding tert-OH is 1. The minimum Gasteiger partial charge on any atom is -0.413 e.